The molecule has 0 atom stereocenters. The lowest BCUT2D eigenvalue weighted by Gasteiger charge is -2.11. The van der Waals surface area contributed by atoms with Gasteiger partial charge in [0, 0.05) is 30.1 Å². The molecule has 0 aliphatic heterocycles. The molecule has 0 saturated heterocycles. The molecule has 1 N–H and O–H groups in total. The van der Waals surface area contributed by atoms with Crippen molar-refractivity contribution in [3.63, 3.8) is 0 Å². The fourth-order valence-corrected chi connectivity index (χ4v) is 4.55. The van der Waals surface area contributed by atoms with Crippen molar-refractivity contribution in [2.45, 2.75) is 52.0 Å². The Hall–Kier alpha value is -3.31. The summed E-state index contributed by atoms with van der Waals surface area (Å²) in [5, 5.41) is 3.56. The fourth-order valence-electron chi connectivity index (χ4n) is 4.36. The first-order valence-corrected chi connectivity index (χ1v) is 13.2. The van der Waals surface area contributed by atoms with Crippen LogP contribution in [0, 0.1) is 6.92 Å². The van der Waals surface area contributed by atoms with Gasteiger partial charge in [-0.1, -0.05) is 54.4 Å². The summed E-state index contributed by atoms with van der Waals surface area (Å²) in [6.07, 6.45) is 5.96. The maximum Gasteiger partial charge on any atom is 0.251 e. The highest BCUT2D eigenvalue weighted by atomic mass is 35.5. The number of amides is 1. The molecule has 5 nitrogen and oxygen atoms in total. The highest BCUT2D eigenvalue weighted by Crippen LogP contribution is 2.20. The number of hydrogen-bond donors (Lipinski definition) is 1. The second-order valence-corrected chi connectivity index (χ2v) is 9.50. The molecule has 188 valence electrons. The number of imidazole rings is 1. The quantitative estimate of drug-likeness (QED) is 0.200. The van der Waals surface area contributed by atoms with E-state index in [9.17, 15) is 4.79 Å². The third-order valence-electron chi connectivity index (χ3n) is 6.31. The van der Waals surface area contributed by atoms with Crippen LogP contribution < -0.4 is 10.1 Å². The van der Waals surface area contributed by atoms with Gasteiger partial charge in [0.05, 0.1) is 17.6 Å². The first-order chi connectivity index (χ1) is 17.6. The van der Waals surface area contributed by atoms with Gasteiger partial charge in [0.1, 0.15) is 11.6 Å². The number of aryl methyl sites for hydroxylation is 3. The number of halogens is 1. The maximum atomic E-state index is 12.2. The van der Waals surface area contributed by atoms with Crippen molar-refractivity contribution < 1.29 is 9.53 Å². The van der Waals surface area contributed by atoms with Crippen LogP contribution in [0.5, 0.6) is 5.75 Å². The summed E-state index contributed by atoms with van der Waals surface area (Å²) in [5.41, 5.74) is 4.02. The standard InChI is InChI=1S/C30H34ClN3O2/c1-23-12-4-7-17-28(23)36-21-10-9-20-34-27-16-6-5-15-26(27)33-29(34)18-3-2-8-19-32-30(35)24-13-11-14-25(31)22-24/h4-7,11-17,22H,2-3,8-10,18-21H2,1H3,(H,32,35). The van der Waals surface area contributed by atoms with E-state index in [-0.39, 0.29) is 5.91 Å². The lowest BCUT2D eigenvalue weighted by molar-refractivity contribution is 0.0953. The average molecular weight is 504 g/mol. The number of carbonyl (C=O) groups is 1. The van der Waals surface area contributed by atoms with Crippen molar-refractivity contribution in [2.24, 2.45) is 0 Å². The number of hydrogen-bond acceptors (Lipinski definition) is 3. The molecule has 0 radical (unpaired) electrons. The number of nitrogens with one attached hydrogen (secondary N) is 1. The number of rotatable bonds is 13. The van der Waals surface area contributed by atoms with E-state index in [1.165, 1.54) is 11.1 Å². The van der Waals surface area contributed by atoms with Crippen LogP contribution in [0.25, 0.3) is 11.0 Å². The highest BCUT2D eigenvalue weighted by Gasteiger charge is 2.10. The molecule has 4 rings (SSSR count). The Morgan fingerprint density at radius 3 is 2.64 bits per heavy atom. The predicted octanol–water partition coefficient (Wildman–Crippen LogP) is 7.00. The molecule has 1 aromatic heterocycles. The summed E-state index contributed by atoms with van der Waals surface area (Å²) in [5.74, 6) is 2.03. The summed E-state index contributed by atoms with van der Waals surface area (Å²) in [4.78, 5) is 17.2. The molecule has 3 aromatic carbocycles. The topological polar surface area (TPSA) is 56.1 Å². The summed E-state index contributed by atoms with van der Waals surface area (Å²) in [6.45, 7) is 4.38. The summed E-state index contributed by atoms with van der Waals surface area (Å²) in [7, 11) is 0. The van der Waals surface area contributed by atoms with Crippen LogP contribution in [-0.4, -0.2) is 28.6 Å². The molecule has 0 spiro atoms. The molecule has 0 fully saturated rings. The van der Waals surface area contributed by atoms with Gasteiger partial charge in [-0.2, -0.15) is 0 Å². The summed E-state index contributed by atoms with van der Waals surface area (Å²) < 4.78 is 8.33. The van der Waals surface area contributed by atoms with Crippen LogP contribution in [0.2, 0.25) is 5.02 Å². The van der Waals surface area contributed by atoms with Crippen molar-refractivity contribution in [1.29, 1.82) is 0 Å². The van der Waals surface area contributed by atoms with Crippen molar-refractivity contribution in [3.8, 4) is 5.75 Å². The number of carbonyl (C=O) groups excluding carboxylic acids is 1. The van der Waals surface area contributed by atoms with Crippen LogP contribution in [0.1, 0.15) is 53.8 Å². The van der Waals surface area contributed by atoms with Crippen molar-refractivity contribution in [2.75, 3.05) is 13.2 Å². The van der Waals surface area contributed by atoms with Gasteiger partial charge in [0.25, 0.3) is 5.91 Å². The molecule has 0 aliphatic carbocycles. The first-order valence-electron chi connectivity index (χ1n) is 12.8. The molecular formula is C30H34ClN3O2. The number of benzene rings is 3. The smallest absolute Gasteiger partial charge is 0.251 e. The molecule has 1 heterocycles. The molecule has 0 bridgehead atoms. The molecule has 0 unspecified atom stereocenters. The average Bonchev–Trinajstić information content (AvgIpc) is 3.24. The molecule has 0 saturated carbocycles. The third-order valence-corrected chi connectivity index (χ3v) is 6.55. The van der Waals surface area contributed by atoms with Gasteiger partial charge in [-0.25, -0.2) is 4.98 Å². The highest BCUT2D eigenvalue weighted by molar-refractivity contribution is 6.30. The van der Waals surface area contributed by atoms with E-state index < -0.39 is 0 Å². The van der Waals surface area contributed by atoms with Crippen LogP contribution in [-0.2, 0) is 13.0 Å². The normalized spacial score (nSPS) is 11.1. The zero-order valence-electron chi connectivity index (χ0n) is 20.9. The Bertz CT molecular complexity index is 1280. The third kappa shape index (κ3) is 7.11. The minimum Gasteiger partial charge on any atom is -0.493 e. The van der Waals surface area contributed by atoms with Gasteiger partial charge >= 0.3 is 0 Å². The predicted molar refractivity (Wildman–Crippen MR) is 147 cm³/mol. The first kappa shape index (κ1) is 25.8. The number of aromatic nitrogens is 2. The molecule has 36 heavy (non-hydrogen) atoms. The lowest BCUT2D eigenvalue weighted by Crippen LogP contribution is -2.24. The van der Waals surface area contributed by atoms with E-state index >= 15 is 0 Å². The van der Waals surface area contributed by atoms with E-state index in [0.29, 0.717) is 23.7 Å². The molecular weight excluding hydrogens is 470 g/mol. The van der Waals surface area contributed by atoms with Gasteiger partial charge in [0.15, 0.2) is 0 Å². The van der Waals surface area contributed by atoms with E-state index in [0.717, 1.165) is 62.2 Å². The minimum absolute atomic E-state index is 0.0781. The number of para-hydroxylation sites is 3. The second-order valence-electron chi connectivity index (χ2n) is 9.07. The van der Waals surface area contributed by atoms with E-state index in [4.69, 9.17) is 21.3 Å². The van der Waals surface area contributed by atoms with Crippen LogP contribution in [0.3, 0.4) is 0 Å². The van der Waals surface area contributed by atoms with Gasteiger partial charge in [-0.3, -0.25) is 4.79 Å². The second kappa shape index (κ2) is 13.1. The Labute approximate surface area is 218 Å². The summed E-state index contributed by atoms with van der Waals surface area (Å²) >= 11 is 5.98. The van der Waals surface area contributed by atoms with E-state index in [1.54, 1.807) is 24.3 Å². The number of nitrogens with zero attached hydrogens (tertiary/aromatic N) is 2. The monoisotopic (exact) mass is 503 g/mol. The van der Waals surface area contributed by atoms with Gasteiger partial charge in [-0.05, 0) is 74.6 Å². The summed E-state index contributed by atoms with van der Waals surface area (Å²) in [6, 6.07) is 23.5. The van der Waals surface area contributed by atoms with Crippen LogP contribution in [0.4, 0.5) is 0 Å². The fraction of sp³-hybridized carbons (Fsp3) is 0.333. The Balaban J connectivity index is 1.22. The van der Waals surface area contributed by atoms with Gasteiger partial charge in [0.2, 0.25) is 0 Å². The maximum absolute atomic E-state index is 12.2. The van der Waals surface area contributed by atoms with Crippen LogP contribution in [0.15, 0.2) is 72.8 Å². The SMILES string of the molecule is Cc1ccccc1OCCCCn1c(CCCCCNC(=O)c2cccc(Cl)c2)nc2ccccc21. The number of fused-ring (bicyclic) bond motifs is 1. The van der Waals surface area contributed by atoms with Gasteiger partial charge < -0.3 is 14.6 Å². The number of unbranched alkanes of at least 4 members (excludes halogenated alkanes) is 3. The molecule has 1 amide bonds. The lowest BCUT2D eigenvalue weighted by atomic mass is 10.1. The Morgan fingerprint density at radius 1 is 0.944 bits per heavy atom. The molecule has 6 heteroatoms. The van der Waals surface area contributed by atoms with Crippen molar-refractivity contribution in [1.82, 2.24) is 14.9 Å². The largest absolute Gasteiger partial charge is 0.493 e. The zero-order chi connectivity index (χ0) is 25.2. The Kier molecular flexibility index (Phi) is 9.40. The van der Waals surface area contributed by atoms with Crippen molar-refractivity contribution >= 4 is 28.5 Å². The van der Waals surface area contributed by atoms with E-state index in [1.807, 2.05) is 24.3 Å². The molecule has 0 aliphatic rings. The van der Waals surface area contributed by atoms with E-state index in [2.05, 4.69) is 41.1 Å². The van der Waals surface area contributed by atoms with Gasteiger partial charge in [-0.15, -0.1) is 0 Å². The Morgan fingerprint density at radius 2 is 1.78 bits per heavy atom. The van der Waals surface area contributed by atoms with Crippen LogP contribution >= 0.6 is 11.6 Å². The number of ether oxygens (including phenoxy) is 1. The zero-order valence-corrected chi connectivity index (χ0v) is 21.6. The molecule has 4 aromatic rings. The van der Waals surface area contributed by atoms with Crippen molar-refractivity contribution in [3.05, 3.63) is 94.8 Å². The minimum atomic E-state index is -0.0781.